The van der Waals surface area contributed by atoms with E-state index in [2.05, 4.69) is 10.3 Å². The molecule has 1 aliphatic heterocycles. The standard InChI is InChI=1S/C18H18FN3O3/c19-13-2-4-14(5-3-13)21-15-7-9-22(10-8-15)17(23)16-6-1-12(11-20-16)18(24)25/h1-6,11,15,21H,7-10H2,(H,24,25). The number of carbonyl (C=O) groups excluding carboxylic acids is 1. The van der Waals surface area contributed by atoms with Gasteiger partial charge in [-0.2, -0.15) is 0 Å². The Hall–Kier alpha value is -2.96. The quantitative estimate of drug-likeness (QED) is 0.892. The number of piperidine rings is 1. The number of hydrogen-bond acceptors (Lipinski definition) is 4. The second kappa shape index (κ2) is 7.29. The predicted octanol–water partition coefficient (Wildman–Crippen LogP) is 2.64. The Balaban J connectivity index is 1.55. The maximum absolute atomic E-state index is 12.9. The van der Waals surface area contributed by atoms with E-state index in [-0.39, 0.29) is 29.0 Å². The summed E-state index contributed by atoms with van der Waals surface area (Å²) in [5.74, 6) is -1.54. The minimum atomic E-state index is -1.07. The highest BCUT2D eigenvalue weighted by molar-refractivity contribution is 5.93. The van der Waals surface area contributed by atoms with E-state index >= 15 is 0 Å². The maximum atomic E-state index is 12.9. The number of carboxylic acids is 1. The lowest BCUT2D eigenvalue weighted by Gasteiger charge is -2.32. The van der Waals surface area contributed by atoms with E-state index in [1.54, 1.807) is 17.0 Å². The third-order valence-corrected chi connectivity index (χ3v) is 4.23. The van der Waals surface area contributed by atoms with Gasteiger partial charge in [-0.3, -0.25) is 9.78 Å². The Morgan fingerprint density at radius 1 is 1.12 bits per heavy atom. The number of aromatic carboxylic acids is 1. The van der Waals surface area contributed by atoms with E-state index in [4.69, 9.17) is 5.11 Å². The van der Waals surface area contributed by atoms with E-state index in [0.717, 1.165) is 18.5 Å². The van der Waals surface area contributed by atoms with Crippen molar-refractivity contribution >= 4 is 17.6 Å². The van der Waals surface area contributed by atoms with Crippen molar-refractivity contribution in [3.05, 3.63) is 59.7 Å². The Morgan fingerprint density at radius 3 is 2.36 bits per heavy atom. The van der Waals surface area contributed by atoms with Crippen LogP contribution in [0.1, 0.15) is 33.7 Å². The van der Waals surface area contributed by atoms with Crippen LogP contribution in [0.15, 0.2) is 42.6 Å². The largest absolute Gasteiger partial charge is 0.478 e. The predicted molar refractivity (Wildman–Crippen MR) is 90.1 cm³/mol. The van der Waals surface area contributed by atoms with Crippen molar-refractivity contribution in [1.82, 2.24) is 9.88 Å². The van der Waals surface area contributed by atoms with Crippen LogP contribution in [0, 0.1) is 5.82 Å². The topological polar surface area (TPSA) is 82.5 Å². The summed E-state index contributed by atoms with van der Waals surface area (Å²) in [7, 11) is 0. The summed E-state index contributed by atoms with van der Waals surface area (Å²) in [6, 6.07) is 9.25. The van der Waals surface area contributed by atoms with Gasteiger partial charge in [0.25, 0.3) is 5.91 Å². The molecule has 25 heavy (non-hydrogen) atoms. The highest BCUT2D eigenvalue weighted by Gasteiger charge is 2.24. The first kappa shape index (κ1) is 16.9. The molecule has 1 aromatic heterocycles. The number of carbonyl (C=O) groups is 2. The van der Waals surface area contributed by atoms with Crippen LogP contribution >= 0.6 is 0 Å². The van der Waals surface area contributed by atoms with Gasteiger partial charge < -0.3 is 15.3 Å². The second-order valence-electron chi connectivity index (χ2n) is 5.95. The van der Waals surface area contributed by atoms with Crippen LogP contribution in [0.5, 0.6) is 0 Å². The molecule has 130 valence electrons. The number of nitrogens with one attached hydrogen (secondary N) is 1. The summed E-state index contributed by atoms with van der Waals surface area (Å²) >= 11 is 0. The van der Waals surface area contributed by atoms with Crippen LogP contribution in [0.25, 0.3) is 0 Å². The number of aromatic nitrogens is 1. The van der Waals surface area contributed by atoms with Gasteiger partial charge in [-0.05, 0) is 49.2 Å². The molecule has 7 heteroatoms. The van der Waals surface area contributed by atoms with Crippen molar-refractivity contribution in [2.24, 2.45) is 0 Å². The number of carboxylic acid groups (broad SMARTS) is 1. The lowest BCUT2D eigenvalue weighted by molar-refractivity contribution is 0.0687. The molecule has 0 bridgehead atoms. The lowest BCUT2D eigenvalue weighted by Crippen LogP contribution is -2.42. The molecule has 1 aromatic carbocycles. The number of nitrogens with zero attached hydrogens (tertiary/aromatic N) is 2. The molecule has 1 amide bonds. The van der Waals surface area contributed by atoms with Crippen LogP contribution in [0.2, 0.25) is 0 Å². The summed E-state index contributed by atoms with van der Waals surface area (Å²) in [6.07, 6.45) is 2.74. The third kappa shape index (κ3) is 4.12. The van der Waals surface area contributed by atoms with Crippen LogP contribution in [0.3, 0.4) is 0 Å². The first-order valence-electron chi connectivity index (χ1n) is 8.03. The zero-order valence-electron chi connectivity index (χ0n) is 13.5. The Labute approximate surface area is 144 Å². The summed E-state index contributed by atoms with van der Waals surface area (Å²) in [5.41, 5.74) is 1.16. The van der Waals surface area contributed by atoms with E-state index in [9.17, 15) is 14.0 Å². The van der Waals surface area contributed by atoms with E-state index in [1.165, 1.54) is 30.5 Å². The van der Waals surface area contributed by atoms with Crippen LogP contribution < -0.4 is 5.32 Å². The zero-order chi connectivity index (χ0) is 17.8. The monoisotopic (exact) mass is 343 g/mol. The molecule has 1 aliphatic rings. The van der Waals surface area contributed by atoms with Gasteiger partial charge in [0.15, 0.2) is 0 Å². The highest BCUT2D eigenvalue weighted by Crippen LogP contribution is 2.18. The van der Waals surface area contributed by atoms with Gasteiger partial charge in [0.2, 0.25) is 0 Å². The highest BCUT2D eigenvalue weighted by atomic mass is 19.1. The molecule has 1 saturated heterocycles. The minimum absolute atomic E-state index is 0.0544. The van der Waals surface area contributed by atoms with Gasteiger partial charge in [0.05, 0.1) is 5.56 Å². The molecule has 6 nitrogen and oxygen atoms in total. The summed E-state index contributed by atoms with van der Waals surface area (Å²) in [5, 5.41) is 12.2. The molecular formula is C18H18FN3O3. The van der Waals surface area contributed by atoms with Crippen LogP contribution in [0.4, 0.5) is 10.1 Å². The first-order valence-corrected chi connectivity index (χ1v) is 8.03. The van der Waals surface area contributed by atoms with Crippen molar-refractivity contribution < 1.29 is 19.1 Å². The number of hydrogen-bond donors (Lipinski definition) is 2. The Morgan fingerprint density at radius 2 is 1.80 bits per heavy atom. The third-order valence-electron chi connectivity index (χ3n) is 4.23. The van der Waals surface area contributed by atoms with E-state index in [1.807, 2.05) is 0 Å². The van der Waals surface area contributed by atoms with Crippen molar-refractivity contribution in [2.45, 2.75) is 18.9 Å². The molecule has 1 fully saturated rings. The van der Waals surface area contributed by atoms with E-state index < -0.39 is 5.97 Å². The number of amides is 1. The SMILES string of the molecule is O=C(O)c1ccc(C(=O)N2CCC(Nc3ccc(F)cc3)CC2)nc1. The van der Waals surface area contributed by atoms with Crippen molar-refractivity contribution in [1.29, 1.82) is 0 Å². The van der Waals surface area contributed by atoms with Gasteiger partial charge in [-0.15, -0.1) is 0 Å². The number of pyridine rings is 1. The fraction of sp³-hybridized carbons (Fsp3) is 0.278. The molecule has 2 heterocycles. The number of likely N-dealkylation sites (tertiary alicyclic amines) is 1. The molecule has 2 aromatic rings. The van der Waals surface area contributed by atoms with Crippen molar-refractivity contribution in [3.8, 4) is 0 Å². The molecular weight excluding hydrogens is 325 g/mol. The molecule has 0 aliphatic carbocycles. The van der Waals surface area contributed by atoms with Gasteiger partial charge >= 0.3 is 5.97 Å². The Kier molecular flexibility index (Phi) is 4.92. The summed E-state index contributed by atoms with van der Waals surface area (Å²) < 4.78 is 12.9. The first-order chi connectivity index (χ1) is 12.0. The number of rotatable bonds is 4. The number of benzene rings is 1. The maximum Gasteiger partial charge on any atom is 0.337 e. The molecule has 0 unspecified atom stereocenters. The van der Waals surface area contributed by atoms with Crippen molar-refractivity contribution in [3.63, 3.8) is 0 Å². The fourth-order valence-corrected chi connectivity index (χ4v) is 2.82. The number of anilines is 1. The molecule has 0 atom stereocenters. The smallest absolute Gasteiger partial charge is 0.337 e. The van der Waals surface area contributed by atoms with Crippen molar-refractivity contribution in [2.75, 3.05) is 18.4 Å². The Bertz CT molecular complexity index is 754. The normalized spacial score (nSPS) is 15.0. The van der Waals surface area contributed by atoms with Gasteiger partial charge in [0, 0.05) is 31.0 Å². The van der Waals surface area contributed by atoms with Gasteiger partial charge in [-0.25, -0.2) is 9.18 Å². The average molecular weight is 343 g/mol. The average Bonchev–Trinajstić information content (AvgIpc) is 2.64. The van der Waals surface area contributed by atoms with Crippen LogP contribution in [-0.2, 0) is 0 Å². The molecule has 0 radical (unpaired) electrons. The minimum Gasteiger partial charge on any atom is -0.478 e. The summed E-state index contributed by atoms with van der Waals surface area (Å²) in [6.45, 7) is 1.17. The lowest BCUT2D eigenvalue weighted by atomic mass is 10.0. The van der Waals surface area contributed by atoms with Crippen LogP contribution in [-0.4, -0.2) is 46.0 Å². The molecule has 0 saturated carbocycles. The fourth-order valence-electron chi connectivity index (χ4n) is 2.82. The summed E-state index contributed by atoms with van der Waals surface area (Å²) in [4.78, 5) is 28.9. The molecule has 2 N–H and O–H groups in total. The van der Waals surface area contributed by atoms with Gasteiger partial charge in [0.1, 0.15) is 11.5 Å². The number of halogens is 1. The molecule has 3 rings (SSSR count). The second-order valence-corrected chi connectivity index (χ2v) is 5.95. The zero-order valence-corrected chi connectivity index (χ0v) is 13.5. The van der Waals surface area contributed by atoms with Gasteiger partial charge in [-0.1, -0.05) is 0 Å². The molecule has 0 spiro atoms. The van der Waals surface area contributed by atoms with E-state index in [0.29, 0.717) is 13.1 Å².